The average molecular weight is 258 g/mol. The van der Waals surface area contributed by atoms with Crippen molar-refractivity contribution in [3.63, 3.8) is 0 Å². The average Bonchev–Trinajstić information content (AvgIpc) is 2.26. The standard InChI is InChI=1S/C11H15FN2O2S/c1-8(7-17-2)6-13-10-3-9(12)4-11(5-10)14(15)16/h3-5,8,13H,6-7H2,1-2H3. The van der Waals surface area contributed by atoms with Crippen molar-refractivity contribution in [2.45, 2.75) is 6.92 Å². The zero-order valence-corrected chi connectivity index (χ0v) is 10.6. The molecule has 1 aromatic carbocycles. The number of benzene rings is 1. The molecule has 0 amide bonds. The summed E-state index contributed by atoms with van der Waals surface area (Å²) in [6, 6.07) is 3.52. The van der Waals surface area contributed by atoms with Crippen molar-refractivity contribution in [3.8, 4) is 0 Å². The molecule has 1 aromatic rings. The van der Waals surface area contributed by atoms with E-state index in [9.17, 15) is 14.5 Å². The second-order valence-electron chi connectivity index (χ2n) is 3.90. The highest BCUT2D eigenvalue weighted by Crippen LogP contribution is 2.20. The Kier molecular flexibility index (Phi) is 5.21. The van der Waals surface area contributed by atoms with Gasteiger partial charge in [-0.2, -0.15) is 11.8 Å². The minimum absolute atomic E-state index is 0.231. The van der Waals surface area contributed by atoms with Gasteiger partial charge in [-0.3, -0.25) is 10.1 Å². The van der Waals surface area contributed by atoms with Crippen LogP contribution < -0.4 is 5.32 Å². The number of hydrogen-bond acceptors (Lipinski definition) is 4. The number of hydrogen-bond donors (Lipinski definition) is 1. The van der Waals surface area contributed by atoms with Gasteiger partial charge in [0.2, 0.25) is 0 Å². The second kappa shape index (κ2) is 6.44. The van der Waals surface area contributed by atoms with E-state index >= 15 is 0 Å². The number of nitro benzene ring substituents is 1. The van der Waals surface area contributed by atoms with Crippen LogP contribution in [0.4, 0.5) is 15.8 Å². The van der Waals surface area contributed by atoms with E-state index in [0.717, 1.165) is 11.8 Å². The molecular formula is C11H15FN2O2S. The van der Waals surface area contributed by atoms with Gasteiger partial charge in [-0.15, -0.1) is 0 Å². The number of nitro groups is 1. The molecule has 0 saturated carbocycles. The minimum Gasteiger partial charge on any atom is -0.384 e. The summed E-state index contributed by atoms with van der Waals surface area (Å²) < 4.78 is 13.1. The van der Waals surface area contributed by atoms with E-state index in [4.69, 9.17) is 0 Å². The molecule has 1 atom stereocenters. The van der Waals surface area contributed by atoms with Crippen LogP contribution in [0.5, 0.6) is 0 Å². The Morgan fingerprint density at radius 3 is 2.82 bits per heavy atom. The Labute approximate surface area is 104 Å². The van der Waals surface area contributed by atoms with Gasteiger partial charge in [-0.1, -0.05) is 6.92 Å². The van der Waals surface area contributed by atoms with E-state index in [1.54, 1.807) is 11.8 Å². The van der Waals surface area contributed by atoms with Gasteiger partial charge in [0.25, 0.3) is 5.69 Å². The van der Waals surface area contributed by atoms with Gasteiger partial charge < -0.3 is 5.32 Å². The first-order valence-corrected chi connectivity index (χ1v) is 6.60. The summed E-state index contributed by atoms with van der Waals surface area (Å²) in [7, 11) is 0. The van der Waals surface area contributed by atoms with Crippen molar-refractivity contribution < 1.29 is 9.31 Å². The molecule has 0 aliphatic heterocycles. The highest BCUT2D eigenvalue weighted by molar-refractivity contribution is 7.98. The summed E-state index contributed by atoms with van der Waals surface area (Å²) in [6.45, 7) is 2.73. The quantitative estimate of drug-likeness (QED) is 0.629. The number of halogens is 1. The molecule has 0 radical (unpaired) electrons. The van der Waals surface area contributed by atoms with Crippen molar-refractivity contribution in [2.75, 3.05) is 23.9 Å². The molecule has 0 saturated heterocycles. The van der Waals surface area contributed by atoms with Gasteiger partial charge in [0.1, 0.15) is 5.82 Å². The summed E-state index contributed by atoms with van der Waals surface area (Å²) in [5, 5.41) is 13.6. The third-order valence-electron chi connectivity index (χ3n) is 2.20. The number of rotatable bonds is 6. The van der Waals surface area contributed by atoms with Crippen LogP contribution >= 0.6 is 11.8 Å². The monoisotopic (exact) mass is 258 g/mol. The maximum absolute atomic E-state index is 13.1. The Balaban J connectivity index is 2.68. The predicted molar refractivity (Wildman–Crippen MR) is 69.1 cm³/mol. The molecule has 0 aliphatic carbocycles. The molecule has 0 fully saturated rings. The first-order valence-electron chi connectivity index (χ1n) is 5.20. The molecule has 0 heterocycles. The summed E-state index contributed by atoms with van der Waals surface area (Å²) in [4.78, 5) is 9.96. The maximum Gasteiger partial charge on any atom is 0.274 e. The molecule has 0 aromatic heterocycles. The van der Waals surface area contributed by atoms with Crippen LogP contribution in [0.1, 0.15) is 6.92 Å². The SMILES string of the molecule is CSCC(C)CNc1cc(F)cc([N+](=O)[O-])c1. The zero-order chi connectivity index (χ0) is 12.8. The van der Waals surface area contributed by atoms with Crippen molar-refractivity contribution in [3.05, 3.63) is 34.1 Å². The number of non-ortho nitro benzene ring substituents is 1. The van der Waals surface area contributed by atoms with Gasteiger partial charge in [-0.05, 0) is 24.0 Å². The minimum atomic E-state index is -0.598. The van der Waals surface area contributed by atoms with Crippen LogP contribution in [0.25, 0.3) is 0 Å². The van der Waals surface area contributed by atoms with Crippen molar-refractivity contribution in [1.29, 1.82) is 0 Å². The molecular weight excluding hydrogens is 243 g/mol. The lowest BCUT2D eigenvalue weighted by Gasteiger charge is -2.12. The molecule has 6 heteroatoms. The highest BCUT2D eigenvalue weighted by atomic mass is 32.2. The number of nitrogens with one attached hydrogen (secondary N) is 1. The zero-order valence-electron chi connectivity index (χ0n) is 9.77. The first kappa shape index (κ1) is 13.8. The Morgan fingerprint density at radius 1 is 1.53 bits per heavy atom. The van der Waals surface area contributed by atoms with Crippen LogP contribution in [-0.4, -0.2) is 23.5 Å². The highest BCUT2D eigenvalue weighted by Gasteiger charge is 2.10. The second-order valence-corrected chi connectivity index (χ2v) is 4.81. The number of anilines is 1. The number of nitrogens with zero attached hydrogens (tertiary/aromatic N) is 1. The summed E-state index contributed by atoms with van der Waals surface area (Å²) in [5.41, 5.74) is 0.217. The Hall–Kier alpha value is -1.30. The van der Waals surface area contributed by atoms with E-state index in [-0.39, 0.29) is 5.69 Å². The van der Waals surface area contributed by atoms with Gasteiger partial charge in [-0.25, -0.2) is 4.39 Å². The smallest absolute Gasteiger partial charge is 0.274 e. The number of thioether (sulfide) groups is 1. The summed E-state index contributed by atoms with van der Waals surface area (Å²) in [6.07, 6.45) is 2.02. The normalized spacial score (nSPS) is 12.2. The summed E-state index contributed by atoms with van der Waals surface area (Å²) in [5.74, 6) is 0.816. The third-order valence-corrected chi connectivity index (χ3v) is 3.10. The van der Waals surface area contributed by atoms with Gasteiger partial charge in [0.05, 0.1) is 11.0 Å². The lowest BCUT2D eigenvalue weighted by molar-refractivity contribution is -0.385. The van der Waals surface area contributed by atoms with E-state index < -0.39 is 10.7 Å². The van der Waals surface area contributed by atoms with Gasteiger partial charge >= 0.3 is 0 Å². The van der Waals surface area contributed by atoms with Crippen LogP contribution in [0.15, 0.2) is 18.2 Å². The molecule has 4 nitrogen and oxygen atoms in total. The van der Waals surface area contributed by atoms with Gasteiger partial charge in [0, 0.05) is 18.3 Å². The molecule has 1 unspecified atom stereocenters. The Bertz CT molecular complexity index is 401. The fraction of sp³-hybridized carbons (Fsp3) is 0.455. The van der Waals surface area contributed by atoms with Crippen LogP contribution in [0, 0.1) is 21.8 Å². The van der Waals surface area contributed by atoms with Crippen molar-refractivity contribution in [1.82, 2.24) is 0 Å². The largest absolute Gasteiger partial charge is 0.384 e. The van der Waals surface area contributed by atoms with E-state index in [0.29, 0.717) is 18.2 Å². The van der Waals surface area contributed by atoms with Crippen molar-refractivity contribution >= 4 is 23.1 Å². The molecule has 17 heavy (non-hydrogen) atoms. The molecule has 1 N–H and O–H groups in total. The molecule has 0 spiro atoms. The van der Waals surface area contributed by atoms with E-state index in [1.165, 1.54) is 12.1 Å². The van der Waals surface area contributed by atoms with Crippen LogP contribution in [0.2, 0.25) is 0 Å². The lowest BCUT2D eigenvalue weighted by atomic mass is 10.2. The third kappa shape index (κ3) is 4.60. The maximum atomic E-state index is 13.1. The van der Waals surface area contributed by atoms with E-state index in [1.807, 2.05) is 6.26 Å². The molecule has 0 bridgehead atoms. The topological polar surface area (TPSA) is 55.2 Å². The predicted octanol–water partition coefficient (Wildman–Crippen LogP) is 3.14. The van der Waals surface area contributed by atoms with Crippen molar-refractivity contribution in [2.24, 2.45) is 5.92 Å². The van der Waals surface area contributed by atoms with Crippen LogP contribution in [0.3, 0.4) is 0 Å². The first-order chi connectivity index (χ1) is 8.02. The fourth-order valence-corrected chi connectivity index (χ4v) is 2.10. The molecule has 94 valence electrons. The molecule has 0 aliphatic rings. The lowest BCUT2D eigenvalue weighted by Crippen LogP contribution is -2.13. The van der Waals surface area contributed by atoms with Crippen LogP contribution in [-0.2, 0) is 0 Å². The fourth-order valence-electron chi connectivity index (χ4n) is 1.42. The Morgan fingerprint density at radius 2 is 2.24 bits per heavy atom. The molecule has 1 rings (SSSR count). The van der Waals surface area contributed by atoms with E-state index in [2.05, 4.69) is 12.2 Å². The van der Waals surface area contributed by atoms with Gasteiger partial charge in [0.15, 0.2) is 0 Å². The summed E-state index contributed by atoms with van der Waals surface area (Å²) >= 11 is 1.73.